The van der Waals surface area contributed by atoms with Crippen LogP contribution >= 0.6 is 11.8 Å². The zero-order chi connectivity index (χ0) is 19.8. The molecule has 0 saturated heterocycles. The molecule has 2 N–H and O–H groups in total. The molecule has 142 valence electrons. The topological polar surface area (TPSA) is 80.3 Å². The van der Waals surface area contributed by atoms with Gasteiger partial charge in [-0.05, 0) is 54.6 Å². The van der Waals surface area contributed by atoms with Crippen LogP contribution in [0, 0.1) is 0 Å². The van der Waals surface area contributed by atoms with Gasteiger partial charge in [-0.2, -0.15) is 0 Å². The van der Waals surface area contributed by atoms with Crippen molar-refractivity contribution in [3.63, 3.8) is 0 Å². The summed E-state index contributed by atoms with van der Waals surface area (Å²) in [5, 5.41) is 5.66. The molecule has 0 aliphatic carbocycles. The Bertz CT molecular complexity index is 947. The summed E-state index contributed by atoms with van der Waals surface area (Å²) in [6.45, 7) is 0. The lowest BCUT2D eigenvalue weighted by molar-refractivity contribution is -0.113. The Kier molecular flexibility index (Phi) is 6.64. The van der Waals surface area contributed by atoms with Crippen molar-refractivity contribution in [2.24, 2.45) is 0 Å². The maximum atomic E-state index is 12.3. The molecule has 0 unspecified atom stereocenters. The highest BCUT2D eigenvalue weighted by atomic mass is 32.2. The number of hydrogen-bond donors (Lipinski definition) is 2. The fraction of sp³-hybridized carbons (Fsp3) is 0.0952. The van der Waals surface area contributed by atoms with Crippen LogP contribution in [-0.2, 0) is 4.79 Å². The third kappa shape index (κ3) is 5.59. The van der Waals surface area contributed by atoms with Gasteiger partial charge in [0, 0.05) is 34.2 Å². The van der Waals surface area contributed by atoms with E-state index in [4.69, 9.17) is 4.74 Å². The third-order valence-electron chi connectivity index (χ3n) is 3.78. The number of carbonyl (C=O) groups excluding carboxylic acids is 2. The van der Waals surface area contributed by atoms with E-state index in [0.29, 0.717) is 17.0 Å². The third-order valence-corrected chi connectivity index (χ3v) is 4.79. The molecule has 0 bridgehead atoms. The molecule has 1 aromatic heterocycles. The quantitative estimate of drug-likeness (QED) is 0.592. The van der Waals surface area contributed by atoms with E-state index in [1.807, 2.05) is 12.1 Å². The van der Waals surface area contributed by atoms with Crippen molar-refractivity contribution in [1.82, 2.24) is 4.98 Å². The van der Waals surface area contributed by atoms with Gasteiger partial charge in [0.05, 0.1) is 12.9 Å². The average molecular weight is 393 g/mol. The zero-order valence-electron chi connectivity index (χ0n) is 15.2. The number of ether oxygens (including phenoxy) is 1. The summed E-state index contributed by atoms with van der Waals surface area (Å²) < 4.78 is 5.14. The van der Waals surface area contributed by atoms with Crippen molar-refractivity contribution >= 4 is 35.0 Å². The molecule has 0 fully saturated rings. The highest BCUT2D eigenvalue weighted by Gasteiger charge is 2.08. The number of methoxy groups -OCH3 is 1. The Labute approximate surface area is 167 Å². The van der Waals surface area contributed by atoms with Gasteiger partial charge in [-0.1, -0.05) is 6.07 Å². The molecule has 1 heterocycles. The van der Waals surface area contributed by atoms with E-state index in [0.717, 1.165) is 10.6 Å². The Morgan fingerprint density at radius 1 is 0.964 bits per heavy atom. The lowest BCUT2D eigenvalue weighted by Crippen LogP contribution is -2.14. The fourth-order valence-corrected chi connectivity index (χ4v) is 3.08. The normalized spacial score (nSPS) is 10.2. The van der Waals surface area contributed by atoms with Crippen LogP contribution in [0.15, 0.2) is 78.0 Å². The minimum absolute atomic E-state index is 0.0911. The number of pyridine rings is 1. The summed E-state index contributed by atoms with van der Waals surface area (Å²) in [6.07, 6.45) is 3.25. The van der Waals surface area contributed by atoms with Gasteiger partial charge in [0.15, 0.2) is 0 Å². The van der Waals surface area contributed by atoms with Crippen molar-refractivity contribution in [2.75, 3.05) is 23.5 Å². The lowest BCUT2D eigenvalue weighted by atomic mass is 10.2. The Hall–Kier alpha value is -3.32. The highest BCUT2D eigenvalue weighted by Crippen LogP contribution is 2.21. The first-order chi connectivity index (χ1) is 13.6. The maximum Gasteiger partial charge on any atom is 0.255 e. The van der Waals surface area contributed by atoms with E-state index in [1.165, 1.54) is 11.8 Å². The summed E-state index contributed by atoms with van der Waals surface area (Å²) in [5.41, 5.74) is 1.92. The number of nitrogens with one attached hydrogen (secondary N) is 2. The molecule has 3 aromatic rings. The van der Waals surface area contributed by atoms with Crippen LogP contribution in [0.3, 0.4) is 0 Å². The Morgan fingerprint density at radius 2 is 1.68 bits per heavy atom. The molecule has 3 rings (SSSR count). The molecular formula is C21H19N3O3S. The lowest BCUT2D eigenvalue weighted by Gasteiger charge is -2.08. The largest absolute Gasteiger partial charge is 0.497 e. The number of nitrogens with zero attached hydrogens (tertiary/aromatic N) is 1. The number of anilines is 2. The number of carbonyl (C=O) groups is 2. The molecule has 0 aliphatic rings. The van der Waals surface area contributed by atoms with E-state index < -0.39 is 0 Å². The van der Waals surface area contributed by atoms with Gasteiger partial charge in [-0.25, -0.2) is 0 Å². The average Bonchev–Trinajstić information content (AvgIpc) is 2.74. The van der Waals surface area contributed by atoms with E-state index >= 15 is 0 Å². The predicted octanol–water partition coefficient (Wildman–Crippen LogP) is 4.07. The second-order valence-electron chi connectivity index (χ2n) is 5.78. The minimum atomic E-state index is -0.212. The van der Waals surface area contributed by atoms with Gasteiger partial charge < -0.3 is 15.4 Å². The van der Waals surface area contributed by atoms with Gasteiger partial charge in [-0.15, -0.1) is 11.8 Å². The molecule has 2 amide bonds. The van der Waals surface area contributed by atoms with Crippen LogP contribution in [0.4, 0.5) is 11.4 Å². The fourth-order valence-electron chi connectivity index (χ4n) is 2.38. The number of benzene rings is 2. The second kappa shape index (κ2) is 9.57. The standard InChI is InChI=1S/C21H19N3O3S/c1-27-18-4-2-3-15(13-18)21(26)24-16-5-7-19(8-6-16)28-14-20(25)23-17-9-11-22-12-10-17/h2-13H,14H2,1H3,(H,24,26)(H,22,23,25). The Morgan fingerprint density at radius 3 is 2.39 bits per heavy atom. The molecule has 6 nitrogen and oxygen atoms in total. The monoisotopic (exact) mass is 393 g/mol. The van der Waals surface area contributed by atoms with Crippen LogP contribution in [0.25, 0.3) is 0 Å². The molecule has 28 heavy (non-hydrogen) atoms. The summed E-state index contributed by atoms with van der Waals surface area (Å²) in [6, 6.07) is 17.8. The van der Waals surface area contributed by atoms with Crippen molar-refractivity contribution < 1.29 is 14.3 Å². The molecule has 0 aliphatic heterocycles. The van der Waals surface area contributed by atoms with Crippen molar-refractivity contribution in [3.8, 4) is 5.75 Å². The van der Waals surface area contributed by atoms with Crippen LogP contribution in [-0.4, -0.2) is 29.7 Å². The van der Waals surface area contributed by atoms with E-state index in [2.05, 4.69) is 15.6 Å². The van der Waals surface area contributed by atoms with Gasteiger partial charge in [0.25, 0.3) is 5.91 Å². The van der Waals surface area contributed by atoms with Crippen molar-refractivity contribution in [2.45, 2.75) is 4.90 Å². The Balaban J connectivity index is 1.51. The van der Waals surface area contributed by atoms with Crippen LogP contribution < -0.4 is 15.4 Å². The van der Waals surface area contributed by atoms with E-state index in [-0.39, 0.29) is 17.6 Å². The molecule has 7 heteroatoms. The van der Waals surface area contributed by atoms with Crippen molar-refractivity contribution in [3.05, 3.63) is 78.6 Å². The summed E-state index contributed by atoms with van der Waals surface area (Å²) in [5.74, 6) is 0.616. The first kappa shape index (κ1) is 19.4. The van der Waals surface area contributed by atoms with Crippen molar-refractivity contribution in [1.29, 1.82) is 0 Å². The number of aromatic nitrogens is 1. The molecule has 0 spiro atoms. The predicted molar refractivity (Wildman–Crippen MR) is 111 cm³/mol. The molecule has 0 atom stereocenters. The molecule has 2 aromatic carbocycles. The van der Waals surface area contributed by atoms with Gasteiger partial charge in [-0.3, -0.25) is 14.6 Å². The first-order valence-electron chi connectivity index (χ1n) is 8.52. The number of rotatable bonds is 7. The second-order valence-corrected chi connectivity index (χ2v) is 6.83. The molecular weight excluding hydrogens is 374 g/mol. The summed E-state index contributed by atoms with van der Waals surface area (Å²) in [7, 11) is 1.56. The SMILES string of the molecule is COc1cccc(C(=O)Nc2ccc(SCC(=O)Nc3ccncc3)cc2)c1. The number of thioether (sulfide) groups is 1. The first-order valence-corrected chi connectivity index (χ1v) is 9.51. The number of amides is 2. The summed E-state index contributed by atoms with van der Waals surface area (Å²) >= 11 is 1.42. The van der Waals surface area contributed by atoms with Gasteiger partial charge in [0.1, 0.15) is 5.75 Å². The molecule has 0 radical (unpaired) electrons. The zero-order valence-corrected chi connectivity index (χ0v) is 16.0. The molecule has 0 saturated carbocycles. The summed E-state index contributed by atoms with van der Waals surface area (Å²) in [4.78, 5) is 29.2. The van der Waals surface area contributed by atoms with Crippen LogP contribution in [0.2, 0.25) is 0 Å². The van der Waals surface area contributed by atoms with Crippen LogP contribution in [0.5, 0.6) is 5.75 Å². The highest BCUT2D eigenvalue weighted by molar-refractivity contribution is 8.00. The smallest absolute Gasteiger partial charge is 0.255 e. The van der Waals surface area contributed by atoms with Crippen LogP contribution in [0.1, 0.15) is 10.4 Å². The van der Waals surface area contributed by atoms with Gasteiger partial charge in [0.2, 0.25) is 5.91 Å². The van der Waals surface area contributed by atoms with E-state index in [1.54, 1.807) is 68.0 Å². The van der Waals surface area contributed by atoms with E-state index in [9.17, 15) is 9.59 Å². The number of hydrogen-bond acceptors (Lipinski definition) is 5. The maximum absolute atomic E-state index is 12.3. The minimum Gasteiger partial charge on any atom is -0.497 e. The van der Waals surface area contributed by atoms with Gasteiger partial charge >= 0.3 is 0 Å².